The molecule has 1 unspecified atom stereocenters. The average Bonchev–Trinajstić information content (AvgIpc) is 2.58. The largest absolute Gasteiger partial charge is 0.316 e. The van der Waals surface area contributed by atoms with Gasteiger partial charge in [-0.05, 0) is 19.4 Å². The van der Waals surface area contributed by atoms with E-state index in [4.69, 9.17) is 0 Å². The van der Waals surface area contributed by atoms with E-state index < -0.39 is 0 Å². The van der Waals surface area contributed by atoms with Gasteiger partial charge in [-0.25, -0.2) is 0 Å². The van der Waals surface area contributed by atoms with Gasteiger partial charge in [-0.2, -0.15) is 8.75 Å². The molecule has 0 bridgehead atoms. The quantitative estimate of drug-likeness (QED) is 0.681. The minimum atomic E-state index is 0.613. The summed E-state index contributed by atoms with van der Waals surface area (Å²) < 4.78 is 8.23. The molecule has 1 aliphatic heterocycles. The number of piperidine rings is 1. The van der Waals surface area contributed by atoms with Crippen LogP contribution in [0.25, 0.3) is 0 Å². The van der Waals surface area contributed by atoms with Gasteiger partial charge in [0.1, 0.15) is 0 Å². The molecule has 60 valence electrons. The minimum absolute atomic E-state index is 0.613. The summed E-state index contributed by atoms with van der Waals surface area (Å²) in [5.74, 6) is 0.613. The van der Waals surface area contributed by atoms with Crippen LogP contribution in [-0.4, -0.2) is 21.8 Å². The number of nitrogens with one attached hydrogen (secondary N) is 1. The van der Waals surface area contributed by atoms with E-state index in [1.165, 1.54) is 30.3 Å². The van der Waals surface area contributed by atoms with Crippen LogP contribution in [0.2, 0.25) is 0 Å². The van der Waals surface area contributed by atoms with Crippen LogP contribution in [0.4, 0.5) is 0 Å². The first-order valence-electron chi connectivity index (χ1n) is 3.95. The Kier molecular flexibility index (Phi) is 2.14. The third-order valence-electron chi connectivity index (χ3n) is 2.09. The number of rotatable bonds is 1. The second-order valence-electron chi connectivity index (χ2n) is 2.88. The summed E-state index contributed by atoms with van der Waals surface area (Å²) in [6.45, 7) is 2.24. The van der Waals surface area contributed by atoms with Crippen molar-refractivity contribution >= 4 is 11.7 Å². The van der Waals surface area contributed by atoms with Gasteiger partial charge in [-0.15, -0.1) is 0 Å². The van der Waals surface area contributed by atoms with Crippen LogP contribution in [0.1, 0.15) is 24.5 Å². The smallest absolute Gasteiger partial charge is 0.0786 e. The summed E-state index contributed by atoms with van der Waals surface area (Å²) in [4.78, 5) is 0. The predicted octanol–water partition coefficient (Wildman–Crippen LogP) is 1.01. The molecular formula is C7H11N3S. The summed E-state index contributed by atoms with van der Waals surface area (Å²) >= 11 is 1.31. The SMILES string of the molecule is c1nsnc1C1CCCNC1. The highest BCUT2D eigenvalue weighted by Gasteiger charge is 2.16. The van der Waals surface area contributed by atoms with Gasteiger partial charge in [0, 0.05) is 12.5 Å². The van der Waals surface area contributed by atoms with Crippen molar-refractivity contribution in [2.24, 2.45) is 0 Å². The fourth-order valence-corrected chi connectivity index (χ4v) is 1.95. The Bertz CT molecular complexity index is 203. The van der Waals surface area contributed by atoms with Crippen LogP contribution < -0.4 is 5.32 Å². The monoisotopic (exact) mass is 169 g/mol. The Balaban J connectivity index is 2.04. The highest BCUT2D eigenvalue weighted by Crippen LogP contribution is 2.20. The van der Waals surface area contributed by atoms with Gasteiger partial charge < -0.3 is 5.32 Å². The summed E-state index contributed by atoms with van der Waals surface area (Å²) in [6, 6.07) is 0. The number of nitrogens with zero attached hydrogens (tertiary/aromatic N) is 2. The molecule has 0 spiro atoms. The fraction of sp³-hybridized carbons (Fsp3) is 0.714. The molecule has 1 aliphatic rings. The molecule has 0 amide bonds. The van der Waals surface area contributed by atoms with Crippen LogP contribution >= 0.6 is 11.7 Å². The highest BCUT2D eigenvalue weighted by molar-refractivity contribution is 6.99. The van der Waals surface area contributed by atoms with Crippen LogP contribution in [-0.2, 0) is 0 Å². The maximum atomic E-state index is 4.23. The molecule has 0 radical (unpaired) electrons. The lowest BCUT2D eigenvalue weighted by Crippen LogP contribution is -2.28. The first kappa shape index (κ1) is 7.18. The lowest BCUT2D eigenvalue weighted by atomic mass is 9.97. The molecule has 11 heavy (non-hydrogen) atoms. The van der Waals surface area contributed by atoms with Gasteiger partial charge in [0.05, 0.1) is 23.6 Å². The summed E-state index contributed by atoms with van der Waals surface area (Å²) in [7, 11) is 0. The van der Waals surface area contributed by atoms with Crippen molar-refractivity contribution in [3.63, 3.8) is 0 Å². The van der Waals surface area contributed by atoms with Gasteiger partial charge in [0.15, 0.2) is 0 Å². The van der Waals surface area contributed by atoms with Crippen molar-refractivity contribution in [1.82, 2.24) is 14.1 Å². The molecule has 1 N–H and O–H groups in total. The molecule has 1 aromatic heterocycles. The maximum absolute atomic E-state index is 4.23. The first-order chi connectivity index (χ1) is 5.47. The Labute approximate surface area is 70.2 Å². The zero-order chi connectivity index (χ0) is 7.52. The summed E-state index contributed by atoms with van der Waals surface area (Å²) in [5.41, 5.74) is 1.17. The zero-order valence-electron chi connectivity index (χ0n) is 6.29. The third kappa shape index (κ3) is 1.57. The predicted molar refractivity (Wildman–Crippen MR) is 44.8 cm³/mol. The van der Waals surface area contributed by atoms with Gasteiger partial charge in [0.2, 0.25) is 0 Å². The molecule has 3 nitrogen and oxygen atoms in total. The van der Waals surface area contributed by atoms with Crippen molar-refractivity contribution < 1.29 is 0 Å². The molecule has 1 aromatic rings. The maximum Gasteiger partial charge on any atom is 0.0786 e. The third-order valence-corrected chi connectivity index (χ3v) is 2.59. The summed E-state index contributed by atoms with van der Waals surface area (Å²) in [5, 5.41) is 3.36. The van der Waals surface area contributed by atoms with Crippen molar-refractivity contribution in [3.05, 3.63) is 11.9 Å². The van der Waals surface area contributed by atoms with E-state index in [1.807, 2.05) is 6.20 Å². The molecule has 2 heterocycles. The Morgan fingerprint density at radius 3 is 3.27 bits per heavy atom. The van der Waals surface area contributed by atoms with E-state index in [1.54, 1.807) is 0 Å². The van der Waals surface area contributed by atoms with Crippen LogP contribution in [0.5, 0.6) is 0 Å². The van der Waals surface area contributed by atoms with Crippen molar-refractivity contribution in [2.45, 2.75) is 18.8 Å². The van der Waals surface area contributed by atoms with E-state index in [2.05, 4.69) is 14.1 Å². The first-order valence-corrected chi connectivity index (χ1v) is 4.68. The molecule has 1 saturated heterocycles. The van der Waals surface area contributed by atoms with Crippen molar-refractivity contribution in [3.8, 4) is 0 Å². The van der Waals surface area contributed by atoms with Gasteiger partial charge in [-0.1, -0.05) is 0 Å². The molecular weight excluding hydrogens is 158 g/mol. The van der Waals surface area contributed by atoms with Crippen molar-refractivity contribution in [1.29, 1.82) is 0 Å². The Morgan fingerprint density at radius 1 is 1.64 bits per heavy atom. The van der Waals surface area contributed by atoms with Crippen molar-refractivity contribution in [2.75, 3.05) is 13.1 Å². The van der Waals surface area contributed by atoms with E-state index in [0.29, 0.717) is 5.92 Å². The topological polar surface area (TPSA) is 37.8 Å². The van der Waals surface area contributed by atoms with Gasteiger partial charge in [-0.3, -0.25) is 0 Å². The Morgan fingerprint density at radius 2 is 2.64 bits per heavy atom. The molecule has 1 fully saturated rings. The van der Waals surface area contributed by atoms with E-state index in [-0.39, 0.29) is 0 Å². The van der Waals surface area contributed by atoms with E-state index >= 15 is 0 Å². The van der Waals surface area contributed by atoms with E-state index in [9.17, 15) is 0 Å². The lowest BCUT2D eigenvalue weighted by molar-refractivity contribution is 0.456. The van der Waals surface area contributed by atoms with Gasteiger partial charge in [0.25, 0.3) is 0 Å². The summed E-state index contributed by atoms with van der Waals surface area (Å²) in [6.07, 6.45) is 4.42. The second kappa shape index (κ2) is 3.28. The van der Waals surface area contributed by atoms with Crippen LogP contribution in [0, 0.1) is 0 Å². The standard InChI is InChI=1S/C7H11N3S/c1-2-6(4-8-3-1)7-5-9-11-10-7/h5-6,8H,1-4H2. The molecule has 4 heteroatoms. The highest BCUT2D eigenvalue weighted by atomic mass is 32.1. The zero-order valence-corrected chi connectivity index (χ0v) is 7.10. The van der Waals surface area contributed by atoms with Gasteiger partial charge >= 0.3 is 0 Å². The molecule has 0 aromatic carbocycles. The number of hydrogen-bond acceptors (Lipinski definition) is 4. The minimum Gasteiger partial charge on any atom is -0.316 e. The van der Waals surface area contributed by atoms with E-state index in [0.717, 1.165) is 13.1 Å². The molecule has 1 atom stereocenters. The van der Waals surface area contributed by atoms with Crippen LogP contribution in [0.15, 0.2) is 6.20 Å². The second-order valence-corrected chi connectivity index (χ2v) is 3.43. The molecule has 0 aliphatic carbocycles. The fourth-order valence-electron chi connectivity index (χ4n) is 1.46. The molecule has 2 rings (SSSR count). The Hall–Kier alpha value is -0.480. The number of hydrogen-bond donors (Lipinski definition) is 1. The van der Waals surface area contributed by atoms with Crippen LogP contribution in [0.3, 0.4) is 0 Å². The lowest BCUT2D eigenvalue weighted by Gasteiger charge is -2.20. The normalized spacial score (nSPS) is 25.3. The number of aromatic nitrogens is 2. The molecule has 0 saturated carbocycles. The average molecular weight is 169 g/mol.